The Kier molecular flexibility index (Phi) is 7.73. The van der Waals surface area contributed by atoms with Crippen LogP contribution < -0.4 is 5.32 Å². The number of rotatable bonds is 8. The van der Waals surface area contributed by atoms with Gasteiger partial charge in [-0.25, -0.2) is 0 Å². The summed E-state index contributed by atoms with van der Waals surface area (Å²) in [6.07, 6.45) is 3.53. The molecule has 0 heterocycles. The van der Waals surface area contributed by atoms with Crippen LogP contribution in [0.5, 0.6) is 0 Å². The molecule has 0 spiro atoms. The van der Waals surface area contributed by atoms with Crippen LogP contribution in [0.3, 0.4) is 0 Å². The molecule has 24 heavy (non-hydrogen) atoms. The zero-order valence-electron chi connectivity index (χ0n) is 15.7. The molecule has 3 heteroatoms. The maximum Gasteiger partial charge on any atom is 0.0898 e. The summed E-state index contributed by atoms with van der Waals surface area (Å²) in [6, 6.07) is 10.6. The lowest BCUT2D eigenvalue weighted by Gasteiger charge is -2.37. The van der Waals surface area contributed by atoms with Crippen LogP contribution in [0.1, 0.15) is 58.6 Å². The number of hydrogen-bond acceptors (Lipinski definition) is 3. The third-order valence-electron chi connectivity index (χ3n) is 5.42. The highest BCUT2D eigenvalue weighted by molar-refractivity contribution is 5.17. The molecule has 2 N–H and O–H groups in total. The average Bonchev–Trinajstić information content (AvgIpc) is 2.58. The van der Waals surface area contributed by atoms with Crippen LogP contribution in [0, 0.1) is 17.8 Å². The molecule has 0 aliphatic heterocycles. The molecule has 0 aromatic heterocycles. The van der Waals surface area contributed by atoms with E-state index >= 15 is 0 Å². The van der Waals surface area contributed by atoms with Crippen molar-refractivity contribution in [3.63, 3.8) is 0 Å². The zero-order chi connectivity index (χ0) is 17.5. The fourth-order valence-electron chi connectivity index (χ4n) is 3.77. The summed E-state index contributed by atoms with van der Waals surface area (Å²) < 4.78 is 6.14. The molecule has 0 amide bonds. The molecule has 1 aliphatic rings. The van der Waals surface area contributed by atoms with Gasteiger partial charge in [-0.15, -0.1) is 0 Å². The Balaban J connectivity index is 1.74. The standard InChI is InChI=1S/C21H35NO2/c1-15(2)20-11-10-16(3)12-21(20)24-14-19(23)13-22-17(4)18-8-6-5-7-9-18/h5-9,15-17,19-23H,10-14H2,1-4H3/t16-,17-,19-,20-,21-/m1/s1. The molecule has 0 saturated heterocycles. The van der Waals surface area contributed by atoms with E-state index in [2.05, 4.69) is 45.1 Å². The predicted molar refractivity (Wildman–Crippen MR) is 99.9 cm³/mol. The van der Waals surface area contributed by atoms with E-state index in [1.54, 1.807) is 0 Å². The molecular weight excluding hydrogens is 298 g/mol. The smallest absolute Gasteiger partial charge is 0.0898 e. The van der Waals surface area contributed by atoms with Crippen molar-refractivity contribution in [3.05, 3.63) is 35.9 Å². The van der Waals surface area contributed by atoms with Crippen LogP contribution >= 0.6 is 0 Å². The van der Waals surface area contributed by atoms with E-state index in [-0.39, 0.29) is 6.04 Å². The lowest BCUT2D eigenvalue weighted by atomic mass is 9.75. The monoisotopic (exact) mass is 333 g/mol. The molecular formula is C21H35NO2. The molecule has 1 aliphatic carbocycles. The van der Waals surface area contributed by atoms with Gasteiger partial charge in [-0.05, 0) is 43.1 Å². The lowest BCUT2D eigenvalue weighted by molar-refractivity contribution is -0.0685. The minimum atomic E-state index is -0.457. The first-order valence-corrected chi connectivity index (χ1v) is 9.55. The predicted octanol–water partition coefficient (Wildman–Crippen LogP) is 4.18. The van der Waals surface area contributed by atoms with Crippen LogP contribution in [-0.4, -0.2) is 30.5 Å². The molecule has 136 valence electrons. The number of hydrogen-bond donors (Lipinski definition) is 2. The number of nitrogens with one attached hydrogen (secondary N) is 1. The van der Waals surface area contributed by atoms with Gasteiger partial charge in [0.05, 0.1) is 18.8 Å². The molecule has 0 radical (unpaired) electrons. The second kappa shape index (κ2) is 9.55. The molecule has 0 unspecified atom stereocenters. The van der Waals surface area contributed by atoms with Gasteiger partial charge >= 0.3 is 0 Å². The SMILES string of the molecule is CC(C)[C@H]1CC[C@@H](C)C[C@H]1OC[C@H](O)CN[C@H](C)c1ccccc1. The van der Waals surface area contributed by atoms with E-state index < -0.39 is 6.10 Å². The van der Waals surface area contributed by atoms with Crippen LogP contribution in [-0.2, 0) is 4.74 Å². The van der Waals surface area contributed by atoms with Crippen molar-refractivity contribution in [2.45, 2.75) is 65.2 Å². The number of aliphatic hydroxyl groups excluding tert-OH is 1. The Morgan fingerprint density at radius 2 is 1.88 bits per heavy atom. The van der Waals surface area contributed by atoms with Crippen molar-refractivity contribution >= 4 is 0 Å². The first-order chi connectivity index (χ1) is 11.5. The maximum atomic E-state index is 10.3. The molecule has 1 aromatic rings. The second-order valence-corrected chi connectivity index (χ2v) is 7.89. The largest absolute Gasteiger partial charge is 0.389 e. The summed E-state index contributed by atoms with van der Waals surface area (Å²) in [5.74, 6) is 2.01. The molecule has 2 rings (SSSR count). The van der Waals surface area contributed by atoms with Crippen LogP contribution in [0.2, 0.25) is 0 Å². The van der Waals surface area contributed by atoms with Crippen molar-refractivity contribution in [2.24, 2.45) is 17.8 Å². The Morgan fingerprint density at radius 1 is 1.17 bits per heavy atom. The van der Waals surface area contributed by atoms with Gasteiger partial charge in [0.1, 0.15) is 0 Å². The Bertz CT molecular complexity index is 462. The van der Waals surface area contributed by atoms with Crippen molar-refractivity contribution in [1.29, 1.82) is 0 Å². The van der Waals surface area contributed by atoms with Gasteiger partial charge in [0.2, 0.25) is 0 Å². The molecule has 5 atom stereocenters. The molecule has 1 fully saturated rings. The van der Waals surface area contributed by atoms with Crippen molar-refractivity contribution < 1.29 is 9.84 Å². The number of aliphatic hydroxyl groups is 1. The summed E-state index contributed by atoms with van der Waals surface area (Å²) in [6.45, 7) is 10.00. The summed E-state index contributed by atoms with van der Waals surface area (Å²) >= 11 is 0. The van der Waals surface area contributed by atoms with E-state index in [1.807, 2.05) is 18.2 Å². The number of benzene rings is 1. The summed E-state index contributed by atoms with van der Waals surface area (Å²) in [5.41, 5.74) is 1.24. The van der Waals surface area contributed by atoms with Gasteiger partial charge in [-0.3, -0.25) is 0 Å². The molecule has 0 bridgehead atoms. The summed E-state index contributed by atoms with van der Waals surface area (Å²) in [7, 11) is 0. The Morgan fingerprint density at radius 3 is 2.54 bits per heavy atom. The van der Waals surface area contributed by atoms with Crippen molar-refractivity contribution in [2.75, 3.05) is 13.2 Å². The van der Waals surface area contributed by atoms with Gasteiger partial charge in [0.15, 0.2) is 0 Å². The highest BCUT2D eigenvalue weighted by Gasteiger charge is 2.31. The van der Waals surface area contributed by atoms with Gasteiger partial charge in [0.25, 0.3) is 0 Å². The average molecular weight is 334 g/mol. The normalized spacial score (nSPS) is 27.2. The van der Waals surface area contributed by atoms with E-state index in [9.17, 15) is 5.11 Å². The molecule has 3 nitrogen and oxygen atoms in total. The fourth-order valence-corrected chi connectivity index (χ4v) is 3.77. The first-order valence-electron chi connectivity index (χ1n) is 9.55. The van der Waals surface area contributed by atoms with E-state index in [1.165, 1.54) is 18.4 Å². The zero-order valence-corrected chi connectivity index (χ0v) is 15.7. The first kappa shape index (κ1) is 19.4. The van der Waals surface area contributed by atoms with Crippen molar-refractivity contribution in [3.8, 4) is 0 Å². The third kappa shape index (κ3) is 5.87. The minimum absolute atomic E-state index is 0.235. The fraction of sp³-hybridized carbons (Fsp3) is 0.714. The second-order valence-electron chi connectivity index (χ2n) is 7.89. The summed E-state index contributed by atoms with van der Waals surface area (Å²) in [5, 5.41) is 13.7. The lowest BCUT2D eigenvalue weighted by Crippen LogP contribution is -2.38. The maximum absolute atomic E-state index is 10.3. The highest BCUT2D eigenvalue weighted by atomic mass is 16.5. The highest BCUT2D eigenvalue weighted by Crippen LogP contribution is 2.35. The van der Waals surface area contributed by atoms with E-state index in [4.69, 9.17) is 4.74 Å². The van der Waals surface area contributed by atoms with Gasteiger partial charge < -0.3 is 15.2 Å². The van der Waals surface area contributed by atoms with Crippen molar-refractivity contribution in [1.82, 2.24) is 5.32 Å². The summed E-state index contributed by atoms with van der Waals surface area (Å²) in [4.78, 5) is 0. The van der Waals surface area contributed by atoms with Crippen LogP contribution in [0.15, 0.2) is 30.3 Å². The van der Waals surface area contributed by atoms with Gasteiger partial charge in [0, 0.05) is 12.6 Å². The topological polar surface area (TPSA) is 41.5 Å². The number of ether oxygens (including phenoxy) is 1. The van der Waals surface area contributed by atoms with E-state index in [0.29, 0.717) is 31.1 Å². The Labute approximate surface area is 147 Å². The minimum Gasteiger partial charge on any atom is -0.389 e. The molecule has 1 aromatic carbocycles. The van der Waals surface area contributed by atoms with Crippen LogP contribution in [0.25, 0.3) is 0 Å². The van der Waals surface area contributed by atoms with E-state index in [0.717, 1.165) is 12.3 Å². The third-order valence-corrected chi connectivity index (χ3v) is 5.42. The van der Waals surface area contributed by atoms with Gasteiger partial charge in [-0.1, -0.05) is 57.5 Å². The Hall–Kier alpha value is -0.900. The molecule has 1 saturated carbocycles. The van der Waals surface area contributed by atoms with Gasteiger partial charge in [-0.2, -0.15) is 0 Å². The van der Waals surface area contributed by atoms with Crippen LogP contribution in [0.4, 0.5) is 0 Å². The quantitative estimate of drug-likeness (QED) is 0.750.